The van der Waals surface area contributed by atoms with E-state index in [9.17, 15) is 4.79 Å². The lowest BCUT2D eigenvalue weighted by molar-refractivity contribution is -0.143. The Hall–Kier alpha value is -1.63. The third-order valence-electron chi connectivity index (χ3n) is 6.18. The number of ether oxygens (including phenoxy) is 1. The number of amides is 2. The van der Waals surface area contributed by atoms with Gasteiger partial charge < -0.3 is 19.5 Å². The minimum Gasteiger partial charge on any atom is -0.377 e. The Morgan fingerprint density at radius 1 is 1.44 bits per heavy atom. The van der Waals surface area contributed by atoms with Gasteiger partial charge in [0, 0.05) is 43.5 Å². The molecule has 3 unspecified atom stereocenters. The van der Waals surface area contributed by atoms with E-state index in [-0.39, 0.29) is 17.5 Å². The molecule has 7 nitrogen and oxygen atoms in total. The number of urea groups is 1. The zero-order valence-electron chi connectivity index (χ0n) is 15.5. The Bertz CT molecular complexity index is 656. The average molecular weight is 347 g/mol. The van der Waals surface area contributed by atoms with Gasteiger partial charge in [-0.1, -0.05) is 20.8 Å². The molecule has 1 aromatic heterocycles. The van der Waals surface area contributed by atoms with Gasteiger partial charge in [0.05, 0.1) is 12.6 Å². The van der Waals surface area contributed by atoms with Gasteiger partial charge in [-0.15, -0.1) is 10.2 Å². The summed E-state index contributed by atoms with van der Waals surface area (Å²) in [4.78, 5) is 15.0. The molecule has 0 bridgehead atoms. The first kappa shape index (κ1) is 16.8. The topological polar surface area (TPSA) is 72.3 Å². The summed E-state index contributed by atoms with van der Waals surface area (Å²) in [6, 6.07) is 0.268. The van der Waals surface area contributed by atoms with Gasteiger partial charge in [-0.3, -0.25) is 0 Å². The molecule has 2 fully saturated rings. The van der Waals surface area contributed by atoms with Crippen molar-refractivity contribution >= 4 is 6.03 Å². The third kappa shape index (κ3) is 2.63. The van der Waals surface area contributed by atoms with E-state index < -0.39 is 0 Å². The summed E-state index contributed by atoms with van der Waals surface area (Å²) >= 11 is 0. The van der Waals surface area contributed by atoms with Crippen LogP contribution < -0.4 is 5.32 Å². The molecule has 1 aromatic rings. The van der Waals surface area contributed by atoms with Gasteiger partial charge in [-0.05, 0) is 19.3 Å². The number of carbonyl (C=O) groups excluding carboxylic acids is 1. The molecule has 7 heteroatoms. The van der Waals surface area contributed by atoms with E-state index >= 15 is 0 Å². The quantitative estimate of drug-likeness (QED) is 0.884. The average Bonchev–Trinajstić information content (AvgIpc) is 3.28. The van der Waals surface area contributed by atoms with E-state index in [1.54, 1.807) is 0 Å². The van der Waals surface area contributed by atoms with E-state index in [4.69, 9.17) is 4.74 Å². The van der Waals surface area contributed by atoms with Crippen LogP contribution in [0.2, 0.25) is 0 Å². The number of hydrogen-bond donors (Lipinski definition) is 1. The Labute approximate surface area is 149 Å². The Kier molecular flexibility index (Phi) is 4.22. The standard InChI is InChI=1S/C18H29N5O2/c1-4-8-23(15-12-7-10-25-16(12)18(15,2)3)17(24)19-11-14-21-20-13-6-5-9-22(13)14/h12,15-16H,4-11H2,1-3H3,(H,19,24). The smallest absolute Gasteiger partial charge is 0.318 e. The van der Waals surface area contributed by atoms with Crippen molar-refractivity contribution in [1.82, 2.24) is 25.0 Å². The van der Waals surface area contributed by atoms with E-state index in [2.05, 4.69) is 40.9 Å². The van der Waals surface area contributed by atoms with Crippen LogP contribution in [0.3, 0.4) is 0 Å². The van der Waals surface area contributed by atoms with Gasteiger partial charge >= 0.3 is 6.03 Å². The van der Waals surface area contributed by atoms with Crippen molar-refractivity contribution in [2.75, 3.05) is 13.2 Å². The van der Waals surface area contributed by atoms with Gasteiger partial charge in [0.1, 0.15) is 5.82 Å². The molecule has 2 aliphatic heterocycles. The molecule has 0 spiro atoms. The molecule has 1 saturated carbocycles. The predicted molar refractivity (Wildman–Crippen MR) is 93.0 cm³/mol. The number of nitrogens with zero attached hydrogens (tertiary/aromatic N) is 4. The first-order valence-corrected chi connectivity index (χ1v) is 9.61. The second-order valence-corrected chi connectivity index (χ2v) is 8.15. The molecule has 4 rings (SSSR count). The van der Waals surface area contributed by atoms with Crippen LogP contribution in [0.4, 0.5) is 4.79 Å². The summed E-state index contributed by atoms with van der Waals surface area (Å²) in [5, 5.41) is 11.5. The lowest BCUT2D eigenvalue weighted by Crippen LogP contribution is -2.68. The maximum Gasteiger partial charge on any atom is 0.318 e. The van der Waals surface area contributed by atoms with Crippen molar-refractivity contribution in [3.8, 4) is 0 Å². The number of carbonyl (C=O) groups is 1. The van der Waals surface area contributed by atoms with Crippen molar-refractivity contribution in [2.24, 2.45) is 11.3 Å². The number of aromatic nitrogens is 3. The van der Waals surface area contributed by atoms with Gasteiger partial charge in [-0.2, -0.15) is 0 Å². The molecule has 2 amide bonds. The maximum atomic E-state index is 13.0. The molecule has 138 valence electrons. The van der Waals surface area contributed by atoms with Crippen LogP contribution >= 0.6 is 0 Å². The van der Waals surface area contributed by atoms with Crippen LogP contribution in [0.1, 0.15) is 51.7 Å². The van der Waals surface area contributed by atoms with E-state index in [1.165, 1.54) is 0 Å². The second-order valence-electron chi connectivity index (χ2n) is 8.15. The summed E-state index contributed by atoms with van der Waals surface area (Å²) < 4.78 is 8.03. The van der Waals surface area contributed by atoms with Crippen molar-refractivity contribution in [3.63, 3.8) is 0 Å². The molecular weight excluding hydrogens is 318 g/mol. The normalized spacial score (nSPS) is 29.0. The first-order chi connectivity index (χ1) is 12.0. The van der Waals surface area contributed by atoms with Gasteiger partial charge in [-0.25, -0.2) is 4.79 Å². The number of hydrogen-bond acceptors (Lipinski definition) is 4. The molecular formula is C18H29N5O2. The molecule has 0 aromatic carbocycles. The molecule has 3 heterocycles. The van der Waals surface area contributed by atoms with Crippen LogP contribution in [0.5, 0.6) is 0 Å². The Morgan fingerprint density at radius 3 is 3.08 bits per heavy atom. The highest BCUT2D eigenvalue weighted by Gasteiger charge is 2.62. The molecule has 1 N–H and O–H groups in total. The molecule has 3 atom stereocenters. The minimum atomic E-state index is 0.0145. The fourth-order valence-electron chi connectivity index (χ4n) is 5.14. The Balaban J connectivity index is 1.44. The zero-order chi connectivity index (χ0) is 17.6. The van der Waals surface area contributed by atoms with Crippen LogP contribution in [-0.4, -0.2) is 51.0 Å². The van der Waals surface area contributed by atoms with Crippen molar-refractivity contribution < 1.29 is 9.53 Å². The monoisotopic (exact) mass is 347 g/mol. The minimum absolute atomic E-state index is 0.0145. The molecule has 1 saturated heterocycles. The lowest BCUT2D eigenvalue weighted by atomic mass is 9.56. The van der Waals surface area contributed by atoms with E-state index in [0.717, 1.165) is 57.0 Å². The lowest BCUT2D eigenvalue weighted by Gasteiger charge is -2.58. The van der Waals surface area contributed by atoms with Crippen molar-refractivity contribution in [3.05, 3.63) is 11.6 Å². The number of fused-ring (bicyclic) bond motifs is 2. The summed E-state index contributed by atoms with van der Waals surface area (Å²) in [6.07, 6.45) is 4.42. The molecule has 25 heavy (non-hydrogen) atoms. The summed E-state index contributed by atoms with van der Waals surface area (Å²) in [7, 11) is 0. The molecule has 0 radical (unpaired) electrons. The number of rotatable bonds is 5. The number of nitrogens with one attached hydrogen (secondary N) is 1. The fourth-order valence-corrected chi connectivity index (χ4v) is 5.14. The summed E-state index contributed by atoms with van der Waals surface area (Å²) in [5.41, 5.74) is 0.0176. The van der Waals surface area contributed by atoms with Crippen LogP contribution in [0.25, 0.3) is 0 Å². The highest BCUT2D eigenvalue weighted by atomic mass is 16.5. The van der Waals surface area contributed by atoms with Crippen LogP contribution in [0.15, 0.2) is 0 Å². The maximum absolute atomic E-state index is 13.0. The van der Waals surface area contributed by atoms with Crippen molar-refractivity contribution in [2.45, 2.75) is 71.7 Å². The van der Waals surface area contributed by atoms with Gasteiger partial charge in [0.15, 0.2) is 5.82 Å². The fraction of sp³-hybridized carbons (Fsp3) is 0.833. The molecule has 3 aliphatic rings. The van der Waals surface area contributed by atoms with Gasteiger partial charge in [0.2, 0.25) is 0 Å². The van der Waals surface area contributed by atoms with Gasteiger partial charge in [0.25, 0.3) is 0 Å². The highest BCUT2D eigenvalue weighted by molar-refractivity contribution is 5.75. The third-order valence-corrected chi connectivity index (χ3v) is 6.18. The largest absolute Gasteiger partial charge is 0.377 e. The van der Waals surface area contributed by atoms with E-state index in [1.807, 2.05) is 4.90 Å². The van der Waals surface area contributed by atoms with Crippen LogP contribution in [-0.2, 0) is 24.2 Å². The molecule has 1 aliphatic carbocycles. The zero-order valence-corrected chi connectivity index (χ0v) is 15.5. The summed E-state index contributed by atoms with van der Waals surface area (Å²) in [6.45, 7) is 9.59. The highest BCUT2D eigenvalue weighted by Crippen LogP contribution is 2.54. The van der Waals surface area contributed by atoms with Crippen LogP contribution in [0, 0.1) is 11.3 Å². The number of aryl methyl sites for hydroxylation is 1. The van der Waals surface area contributed by atoms with E-state index in [0.29, 0.717) is 18.6 Å². The van der Waals surface area contributed by atoms with Crippen molar-refractivity contribution in [1.29, 1.82) is 0 Å². The Morgan fingerprint density at radius 2 is 2.28 bits per heavy atom. The predicted octanol–water partition coefficient (Wildman–Crippen LogP) is 1.96. The second kappa shape index (κ2) is 6.27. The summed E-state index contributed by atoms with van der Waals surface area (Å²) in [5.74, 6) is 2.39. The SMILES string of the molecule is CCCN(C(=O)NCc1nnc2n1CCC2)C1C2CCOC2C1(C)C. The first-order valence-electron chi connectivity index (χ1n) is 9.61.